The van der Waals surface area contributed by atoms with E-state index >= 15 is 0 Å². The van der Waals surface area contributed by atoms with Crippen molar-refractivity contribution in [2.75, 3.05) is 0 Å². The van der Waals surface area contributed by atoms with Crippen molar-refractivity contribution in [3.8, 4) is 0 Å². The van der Waals surface area contributed by atoms with Gasteiger partial charge in [0.15, 0.2) is 0 Å². The molecule has 0 amide bonds. The molecular formula is C13H10ClN. The summed E-state index contributed by atoms with van der Waals surface area (Å²) in [6.45, 7) is 0. The van der Waals surface area contributed by atoms with Crippen molar-refractivity contribution in [3.05, 3.63) is 47.5 Å². The van der Waals surface area contributed by atoms with Crippen molar-refractivity contribution in [3.63, 3.8) is 0 Å². The second-order valence-electron chi connectivity index (χ2n) is 3.74. The van der Waals surface area contributed by atoms with Crippen LogP contribution in [0.1, 0.15) is 0 Å². The fourth-order valence-electron chi connectivity index (χ4n) is 2.13. The molecule has 0 aliphatic rings. The Morgan fingerprint density at radius 3 is 2.53 bits per heavy atom. The average molecular weight is 216 g/mol. The molecule has 0 aliphatic heterocycles. The lowest BCUT2D eigenvalue weighted by molar-refractivity contribution is 1.01. The first-order chi connectivity index (χ1) is 7.27. The van der Waals surface area contributed by atoms with Gasteiger partial charge in [-0.1, -0.05) is 35.9 Å². The molecule has 3 aromatic rings. The summed E-state index contributed by atoms with van der Waals surface area (Å²) in [4.78, 5) is 0. The van der Waals surface area contributed by atoms with Crippen LogP contribution in [0.3, 0.4) is 0 Å². The number of rotatable bonds is 0. The monoisotopic (exact) mass is 215 g/mol. The lowest BCUT2D eigenvalue weighted by Crippen LogP contribution is -1.85. The zero-order valence-electron chi connectivity index (χ0n) is 8.37. The molecule has 0 fully saturated rings. The average Bonchev–Trinajstić information content (AvgIpc) is 2.54. The van der Waals surface area contributed by atoms with Gasteiger partial charge in [0.25, 0.3) is 0 Å². The second kappa shape index (κ2) is 3.01. The summed E-state index contributed by atoms with van der Waals surface area (Å²) in [5.41, 5.74) is 2.43. The molecule has 0 unspecified atom stereocenters. The number of hydrogen-bond acceptors (Lipinski definition) is 0. The van der Waals surface area contributed by atoms with Crippen LogP contribution in [0.4, 0.5) is 0 Å². The van der Waals surface area contributed by atoms with Crippen LogP contribution in [0.2, 0.25) is 5.02 Å². The first kappa shape index (κ1) is 8.81. The molecule has 0 radical (unpaired) electrons. The SMILES string of the molecule is Cn1c2ccccc2c2ccc(Cl)cc21. The molecule has 0 spiro atoms. The van der Waals surface area contributed by atoms with Crippen molar-refractivity contribution in [1.29, 1.82) is 0 Å². The van der Waals surface area contributed by atoms with Crippen molar-refractivity contribution in [2.24, 2.45) is 7.05 Å². The maximum atomic E-state index is 6.00. The van der Waals surface area contributed by atoms with Crippen LogP contribution in [0.5, 0.6) is 0 Å². The number of para-hydroxylation sites is 1. The van der Waals surface area contributed by atoms with E-state index < -0.39 is 0 Å². The van der Waals surface area contributed by atoms with Crippen LogP contribution in [0.25, 0.3) is 21.8 Å². The van der Waals surface area contributed by atoms with Gasteiger partial charge in [0.1, 0.15) is 0 Å². The third-order valence-electron chi connectivity index (χ3n) is 2.88. The Morgan fingerprint density at radius 2 is 1.67 bits per heavy atom. The molecule has 0 bridgehead atoms. The lowest BCUT2D eigenvalue weighted by atomic mass is 10.2. The van der Waals surface area contributed by atoms with E-state index in [0.29, 0.717) is 0 Å². The quantitative estimate of drug-likeness (QED) is 0.535. The highest BCUT2D eigenvalue weighted by molar-refractivity contribution is 6.31. The summed E-state index contributed by atoms with van der Waals surface area (Å²) < 4.78 is 2.18. The van der Waals surface area contributed by atoms with Crippen LogP contribution in [-0.2, 0) is 7.05 Å². The van der Waals surface area contributed by atoms with Crippen molar-refractivity contribution < 1.29 is 0 Å². The summed E-state index contributed by atoms with van der Waals surface area (Å²) in [5.74, 6) is 0. The van der Waals surface area contributed by atoms with Crippen molar-refractivity contribution in [1.82, 2.24) is 4.57 Å². The number of aryl methyl sites for hydroxylation is 1. The first-order valence-corrected chi connectivity index (χ1v) is 5.28. The van der Waals surface area contributed by atoms with Crippen LogP contribution < -0.4 is 0 Å². The molecule has 1 aromatic heterocycles. The van der Waals surface area contributed by atoms with Gasteiger partial charge in [-0.05, 0) is 18.2 Å². The fraction of sp³-hybridized carbons (Fsp3) is 0.0769. The number of aromatic nitrogens is 1. The van der Waals surface area contributed by atoms with E-state index in [2.05, 4.69) is 41.9 Å². The number of nitrogens with zero attached hydrogens (tertiary/aromatic N) is 1. The van der Waals surface area contributed by atoms with E-state index in [4.69, 9.17) is 11.6 Å². The minimum absolute atomic E-state index is 0.786. The summed E-state index contributed by atoms with van der Waals surface area (Å²) >= 11 is 6.00. The summed E-state index contributed by atoms with van der Waals surface area (Å²) in [5, 5.41) is 3.33. The summed E-state index contributed by atoms with van der Waals surface area (Å²) in [7, 11) is 2.07. The van der Waals surface area contributed by atoms with E-state index in [1.165, 1.54) is 21.8 Å². The van der Waals surface area contributed by atoms with Crippen LogP contribution in [0.15, 0.2) is 42.5 Å². The Morgan fingerprint density at radius 1 is 0.933 bits per heavy atom. The minimum Gasteiger partial charge on any atom is -0.344 e. The molecular weight excluding hydrogens is 206 g/mol. The van der Waals surface area contributed by atoms with Gasteiger partial charge in [0.05, 0.1) is 5.52 Å². The maximum Gasteiger partial charge on any atom is 0.0503 e. The number of fused-ring (bicyclic) bond motifs is 3. The molecule has 74 valence electrons. The van der Waals surface area contributed by atoms with Gasteiger partial charge in [-0.15, -0.1) is 0 Å². The molecule has 2 heteroatoms. The van der Waals surface area contributed by atoms with Crippen molar-refractivity contribution in [2.45, 2.75) is 0 Å². The highest BCUT2D eigenvalue weighted by Gasteiger charge is 2.06. The van der Waals surface area contributed by atoms with E-state index in [-0.39, 0.29) is 0 Å². The minimum atomic E-state index is 0.786. The molecule has 0 aliphatic carbocycles. The summed E-state index contributed by atoms with van der Waals surface area (Å²) in [6.07, 6.45) is 0. The van der Waals surface area contributed by atoms with Gasteiger partial charge in [-0.3, -0.25) is 0 Å². The fourth-order valence-corrected chi connectivity index (χ4v) is 2.30. The Kier molecular flexibility index (Phi) is 1.77. The molecule has 0 saturated carbocycles. The Labute approximate surface area is 92.9 Å². The zero-order valence-corrected chi connectivity index (χ0v) is 9.12. The second-order valence-corrected chi connectivity index (χ2v) is 4.17. The number of halogens is 1. The Bertz CT molecular complexity index is 652. The predicted octanol–water partition coefficient (Wildman–Crippen LogP) is 3.98. The Hall–Kier alpha value is -1.47. The van der Waals surface area contributed by atoms with Gasteiger partial charge in [0.2, 0.25) is 0 Å². The highest BCUT2D eigenvalue weighted by atomic mass is 35.5. The third kappa shape index (κ3) is 1.17. The standard InChI is InChI=1S/C13H10ClN/c1-15-12-5-3-2-4-10(12)11-7-6-9(14)8-13(11)15/h2-8H,1H3. The van der Waals surface area contributed by atoms with Crippen LogP contribution in [-0.4, -0.2) is 4.57 Å². The number of hydrogen-bond donors (Lipinski definition) is 0. The first-order valence-electron chi connectivity index (χ1n) is 4.90. The van der Waals surface area contributed by atoms with E-state index in [1.54, 1.807) is 0 Å². The third-order valence-corrected chi connectivity index (χ3v) is 3.11. The van der Waals surface area contributed by atoms with Gasteiger partial charge < -0.3 is 4.57 Å². The van der Waals surface area contributed by atoms with Crippen molar-refractivity contribution >= 4 is 33.4 Å². The van der Waals surface area contributed by atoms with E-state index in [1.807, 2.05) is 12.1 Å². The molecule has 1 heterocycles. The smallest absolute Gasteiger partial charge is 0.0503 e. The van der Waals surface area contributed by atoms with E-state index in [0.717, 1.165) is 5.02 Å². The molecule has 2 aromatic carbocycles. The predicted molar refractivity (Wildman–Crippen MR) is 65.4 cm³/mol. The number of benzene rings is 2. The normalized spacial score (nSPS) is 11.3. The molecule has 0 atom stereocenters. The lowest BCUT2D eigenvalue weighted by Gasteiger charge is -1.97. The highest BCUT2D eigenvalue weighted by Crippen LogP contribution is 2.29. The topological polar surface area (TPSA) is 4.93 Å². The zero-order chi connectivity index (χ0) is 10.4. The molecule has 15 heavy (non-hydrogen) atoms. The molecule has 0 N–H and O–H groups in total. The molecule has 0 saturated heterocycles. The molecule has 1 nitrogen and oxygen atoms in total. The largest absolute Gasteiger partial charge is 0.344 e. The van der Waals surface area contributed by atoms with E-state index in [9.17, 15) is 0 Å². The van der Waals surface area contributed by atoms with Gasteiger partial charge in [0, 0.05) is 28.4 Å². The Balaban J connectivity index is 2.63. The van der Waals surface area contributed by atoms with Crippen LogP contribution >= 0.6 is 11.6 Å². The molecule has 3 rings (SSSR count). The maximum absolute atomic E-state index is 6.00. The van der Waals surface area contributed by atoms with Gasteiger partial charge >= 0.3 is 0 Å². The van der Waals surface area contributed by atoms with Gasteiger partial charge in [-0.2, -0.15) is 0 Å². The summed E-state index contributed by atoms with van der Waals surface area (Å²) in [6, 6.07) is 14.4. The van der Waals surface area contributed by atoms with Gasteiger partial charge in [-0.25, -0.2) is 0 Å². The van der Waals surface area contributed by atoms with Crippen LogP contribution in [0, 0.1) is 0 Å².